The lowest BCUT2D eigenvalue weighted by atomic mass is 9.68. The molecule has 1 heterocycles. The summed E-state index contributed by atoms with van der Waals surface area (Å²) in [6.45, 7) is 12.7. The second-order valence-corrected chi connectivity index (χ2v) is 8.20. The van der Waals surface area contributed by atoms with Gasteiger partial charge in [-0.25, -0.2) is 0 Å². The molecule has 2 bridgehead atoms. The van der Waals surface area contributed by atoms with Crippen molar-refractivity contribution >= 4 is 0 Å². The van der Waals surface area contributed by atoms with Crippen molar-refractivity contribution in [2.24, 2.45) is 16.7 Å². The van der Waals surface area contributed by atoms with Gasteiger partial charge in [0, 0.05) is 6.04 Å². The lowest BCUT2D eigenvalue weighted by Gasteiger charge is -2.43. The summed E-state index contributed by atoms with van der Waals surface area (Å²) in [7, 11) is 0. The van der Waals surface area contributed by atoms with Crippen LogP contribution in [0.1, 0.15) is 59.3 Å². The number of rotatable bonds is 5. The molecule has 0 spiro atoms. The van der Waals surface area contributed by atoms with Crippen molar-refractivity contribution in [2.75, 3.05) is 26.2 Å². The predicted octanol–water partition coefficient (Wildman–Crippen LogP) is 3.28. The van der Waals surface area contributed by atoms with E-state index < -0.39 is 0 Å². The highest BCUT2D eigenvalue weighted by Gasteiger charge is 2.58. The number of hydrogen-bond acceptors (Lipinski definition) is 2. The Balaban J connectivity index is 1.46. The van der Waals surface area contributed by atoms with E-state index in [1.165, 1.54) is 64.7 Å². The van der Waals surface area contributed by atoms with Crippen molar-refractivity contribution in [3.63, 3.8) is 0 Å². The lowest BCUT2D eigenvalue weighted by molar-refractivity contribution is 0.108. The van der Waals surface area contributed by atoms with Crippen LogP contribution in [0.5, 0.6) is 0 Å². The Kier molecular flexibility index (Phi) is 3.68. The summed E-state index contributed by atoms with van der Waals surface area (Å²) in [6.07, 6.45) is 8.54. The minimum absolute atomic E-state index is 0.515. The number of hydrogen-bond donors (Lipinski definition) is 1. The van der Waals surface area contributed by atoms with E-state index in [4.69, 9.17) is 0 Å². The summed E-state index contributed by atoms with van der Waals surface area (Å²) in [5.74, 6) is 0.966. The van der Waals surface area contributed by atoms with Crippen molar-refractivity contribution in [3.05, 3.63) is 0 Å². The Hall–Kier alpha value is -0.0800. The zero-order chi connectivity index (χ0) is 13.5. The first-order valence-electron chi connectivity index (χ1n) is 8.48. The van der Waals surface area contributed by atoms with E-state index in [0.29, 0.717) is 10.8 Å². The fourth-order valence-corrected chi connectivity index (χ4v) is 5.37. The van der Waals surface area contributed by atoms with Crippen LogP contribution in [0.3, 0.4) is 0 Å². The molecule has 1 N–H and O–H groups in total. The monoisotopic (exact) mass is 264 g/mol. The fourth-order valence-electron chi connectivity index (χ4n) is 5.37. The molecule has 2 nitrogen and oxygen atoms in total. The van der Waals surface area contributed by atoms with E-state index in [2.05, 4.69) is 31.0 Å². The maximum atomic E-state index is 3.94. The van der Waals surface area contributed by atoms with Gasteiger partial charge in [-0.05, 0) is 81.5 Å². The Morgan fingerprint density at radius 3 is 2.53 bits per heavy atom. The predicted molar refractivity (Wildman–Crippen MR) is 81.3 cm³/mol. The van der Waals surface area contributed by atoms with Gasteiger partial charge in [-0.2, -0.15) is 0 Å². The van der Waals surface area contributed by atoms with E-state index >= 15 is 0 Å². The molecule has 2 saturated carbocycles. The first kappa shape index (κ1) is 13.9. The summed E-state index contributed by atoms with van der Waals surface area (Å²) in [6, 6.07) is 0.748. The third-order valence-electron chi connectivity index (χ3n) is 6.47. The molecule has 3 aliphatic rings. The molecule has 0 aromatic heterocycles. The highest BCUT2D eigenvalue weighted by atomic mass is 15.1. The molecule has 1 aliphatic heterocycles. The van der Waals surface area contributed by atoms with Crippen LogP contribution in [0.2, 0.25) is 0 Å². The number of nitrogens with zero attached hydrogens (tertiary/aromatic N) is 1. The van der Waals surface area contributed by atoms with E-state index in [-0.39, 0.29) is 0 Å². The standard InChI is InChI=1S/C17H32N2/c1-16(2)14-7-8-17(3,13-14)15(16)18-9-6-12-19-10-4-5-11-19/h14-15,18H,4-13H2,1-3H3. The highest BCUT2D eigenvalue weighted by Crippen LogP contribution is 2.62. The third-order valence-corrected chi connectivity index (χ3v) is 6.47. The first-order chi connectivity index (χ1) is 9.02. The Labute approximate surface area is 119 Å². The van der Waals surface area contributed by atoms with Crippen LogP contribution in [0, 0.1) is 16.7 Å². The highest BCUT2D eigenvalue weighted by molar-refractivity contribution is 5.11. The molecule has 0 radical (unpaired) electrons. The molecule has 3 atom stereocenters. The second-order valence-electron chi connectivity index (χ2n) is 8.20. The zero-order valence-corrected chi connectivity index (χ0v) is 13.2. The van der Waals surface area contributed by atoms with Crippen LogP contribution >= 0.6 is 0 Å². The van der Waals surface area contributed by atoms with Gasteiger partial charge in [-0.15, -0.1) is 0 Å². The van der Waals surface area contributed by atoms with Crippen LogP contribution in [0.25, 0.3) is 0 Å². The van der Waals surface area contributed by atoms with Gasteiger partial charge in [-0.1, -0.05) is 20.8 Å². The van der Waals surface area contributed by atoms with E-state index in [1.807, 2.05) is 0 Å². The summed E-state index contributed by atoms with van der Waals surface area (Å²) in [4.78, 5) is 2.63. The van der Waals surface area contributed by atoms with E-state index in [0.717, 1.165) is 12.0 Å². The number of nitrogens with one attached hydrogen (secondary N) is 1. The van der Waals surface area contributed by atoms with Crippen molar-refractivity contribution in [2.45, 2.75) is 65.3 Å². The molecule has 3 rings (SSSR count). The zero-order valence-electron chi connectivity index (χ0n) is 13.2. The molecule has 2 aliphatic carbocycles. The van der Waals surface area contributed by atoms with Crippen molar-refractivity contribution in [1.82, 2.24) is 10.2 Å². The normalized spacial score (nSPS) is 41.2. The Morgan fingerprint density at radius 1 is 1.16 bits per heavy atom. The maximum absolute atomic E-state index is 3.94. The van der Waals surface area contributed by atoms with Crippen LogP contribution in [-0.4, -0.2) is 37.1 Å². The topological polar surface area (TPSA) is 15.3 Å². The molecule has 1 saturated heterocycles. The molecule has 3 unspecified atom stereocenters. The van der Waals surface area contributed by atoms with Gasteiger partial charge < -0.3 is 10.2 Å². The molecule has 0 aromatic carbocycles. The smallest absolute Gasteiger partial charge is 0.0175 e. The van der Waals surface area contributed by atoms with Crippen LogP contribution in [0.4, 0.5) is 0 Å². The van der Waals surface area contributed by atoms with Gasteiger partial charge in [0.25, 0.3) is 0 Å². The molecular formula is C17H32N2. The van der Waals surface area contributed by atoms with Crippen molar-refractivity contribution in [3.8, 4) is 0 Å². The minimum atomic E-state index is 0.515. The third kappa shape index (κ3) is 2.47. The molecular weight excluding hydrogens is 232 g/mol. The quantitative estimate of drug-likeness (QED) is 0.767. The molecule has 3 fully saturated rings. The summed E-state index contributed by atoms with van der Waals surface area (Å²) in [5.41, 5.74) is 1.10. The lowest BCUT2D eigenvalue weighted by Crippen LogP contribution is -2.50. The van der Waals surface area contributed by atoms with Gasteiger partial charge in [0.15, 0.2) is 0 Å². The molecule has 110 valence electrons. The number of fused-ring (bicyclic) bond motifs is 2. The van der Waals surface area contributed by atoms with Gasteiger partial charge >= 0.3 is 0 Å². The molecule has 0 aromatic rings. The Bertz CT molecular complexity index is 314. The first-order valence-corrected chi connectivity index (χ1v) is 8.48. The van der Waals surface area contributed by atoms with E-state index in [9.17, 15) is 0 Å². The van der Waals surface area contributed by atoms with Crippen LogP contribution in [0.15, 0.2) is 0 Å². The van der Waals surface area contributed by atoms with Crippen LogP contribution in [-0.2, 0) is 0 Å². The van der Waals surface area contributed by atoms with Gasteiger partial charge in [0.05, 0.1) is 0 Å². The van der Waals surface area contributed by atoms with Gasteiger partial charge in [-0.3, -0.25) is 0 Å². The second kappa shape index (κ2) is 5.04. The molecule has 0 amide bonds. The maximum Gasteiger partial charge on any atom is 0.0175 e. The SMILES string of the molecule is CC12CCC(C1)C(C)(C)C2NCCCN1CCCC1. The van der Waals surface area contributed by atoms with Crippen molar-refractivity contribution in [1.29, 1.82) is 0 Å². The van der Waals surface area contributed by atoms with Gasteiger partial charge in [0.1, 0.15) is 0 Å². The Morgan fingerprint density at radius 2 is 1.89 bits per heavy atom. The summed E-state index contributed by atoms with van der Waals surface area (Å²) >= 11 is 0. The van der Waals surface area contributed by atoms with Crippen molar-refractivity contribution < 1.29 is 0 Å². The average Bonchev–Trinajstić information content (AvgIpc) is 3.01. The largest absolute Gasteiger partial charge is 0.313 e. The van der Waals surface area contributed by atoms with Crippen LogP contribution < -0.4 is 5.32 Å². The summed E-state index contributed by atoms with van der Waals surface area (Å²) < 4.78 is 0. The molecule has 2 heteroatoms. The summed E-state index contributed by atoms with van der Waals surface area (Å²) in [5, 5.41) is 3.94. The molecule has 19 heavy (non-hydrogen) atoms. The van der Waals surface area contributed by atoms with Gasteiger partial charge in [0.2, 0.25) is 0 Å². The minimum Gasteiger partial charge on any atom is -0.313 e. The number of likely N-dealkylation sites (tertiary alicyclic amines) is 1. The average molecular weight is 264 g/mol. The van der Waals surface area contributed by atoms with E-state index in [1.54, 1.807) is 0 Å². The fraction of sp³-hybridized carbons (Fsp3) is 1.00.